The van der Waals surface area contributed by atoms with E-state index in [1.54, 1.807) is 18.7 Å². The highest BCUT2D eigenvalue weighted by atomic mass is 32.2. The summed E-state index contributed by atoms with van der Waals surface area (Å²) >= 11 is 0.762. The van der Waals surface area contributed by atoms with E-state index in [-0.39, 0.29) is 17.5 Å². The molecule has 3 aromatic carbocycles. The van der Waals surface area contributed by atoms with Gasteiger partial charge >= 0.3 is 6.18 Å². The Hall–Kier alpha value is -3.96. The van der Waals surface area contributed by atoms with Crippen LogP contribution in [0.15, 0.2) is 82.6 Å². The minimum Gasteiger partial charge on any atom is -0.336 e. The molecule has 0 spiro atoms. The van der Waals surface area contributed by atoms with Crippen LogP contribution >= 0.6 is 11.8 Å². The quantitative estimate of drug-likeness (QED) is 0.0826. The van der Waals surface area contributed by atoms with Crippen molar-refractivity contribution in [1.82, 2.24) is 19.4 Å². The molecule has 0 saturated carbocycles. The fraction of sp³-hybridized carbons (Fsp3) is 0.378. The summed E-state index contributed by atoms with van der Waals surface area (Å²) in [5.41, 5.74) is -7.41. The zero-order chi connectivity index (χ0) is 47.7. The number of nitrogens with zero attached hydrogens (tertiary/aromatic N) is 4. The molecule has 0 N–H and O–H groups in total. The van der Waals surface area contributed by atoms with Crippen molar-refractivity contribution in [3.63, 3.8) is 0 Å². The summed E-state index contributed by atoms with van der Waals surface area (Å²) in [6, 6.07) is -5.52. The fourth-order valence-corrected chi connectivity index (χ4v) is 5.56. The highest BCUT2D eigenvalue weighted by Gasteiger charge is 2.30. The number of thioether (sulfide) groups is 1. The molecule has 5 rings (SSSR count). The first-order chi connectivity index (χ1) is 28.9. The topological polar surface area (TPSA) is 58.4 Å². The maximum atomic E-state index is 14.8. The normalized spacial score (nSPS) is 22.8. The molecular formula is C37H40F4N4O2S. The van der Waals surface area contributed by atoms with Crippen molar-refractivity contribution in [2.45, 2.75) is 63.6 Å². The molecule has 1 aliphatic carbocycles. The smallest absolute Gasteiger partial charge is 0.336 e. The van der Waals surface area contributed by atoms with Crippen molar-refractivity contribution in [2.75, 3.05) is 26.2 Å². The van der Waals surface area contributed by atoms with Gasteiger partial charge in [0.05, 0.1) is 19.3 Å². The number of carbonyl (C=O) groups excluding carboxylic acids is 1. The number of carbonyl (C=O) groups is 1. The van der Waals surface area contributed by atoms with Crippen LogP contribution in [0.5, 0.6) is 0 Å². The monoisotopic (exact) mass is 695 g/mol. The van der Waals surface area contributed by atoms with E-state index in [2.05, 4.69) is 4.98 Å². The summed E-state index contributed by atoms with van der Waals surface area (Å²) in [4.78, 5) is 34.6. The van der Waals surface area contributed by atoms with E-state index in [1.807, 2.05) is 0 Å². The van der Waals surface area contributed by atoms with Gasteiger partial charge in [0, 0.05) is 43.5 Å². The largest absolute Gasteiger partial charge is 0.416 e. The van der Waals surface area contributed by atoms with Gasteiger partial charge in [-0.1, -0.05) is 80.9 Å². The number of rotatable bonds is 13. The van der Waals surface area contributed by atoms with Crippen LogP contribution in [-0.2, 0) is 42.5 Å². The number of amides is 1. The van der Waals surface area contributed by atoms with Crippen molar-refractivity contribution in [1.29, 1.82) is 0 Å². The third kappa shape index (κ3) is 8.73. The molecule has 0 aliphatic heterocycles. The van der Waals surface area contributed by atoms with Crippen LogP contribution in [0.4, 0.5) is 17.6 Å². The number of fused-ring (bicyclic) bond motifs is 1. The molecule has 1 heterocycles. The Bertz CT molecular complexity index is 2480. The summed E-state index contributed by atoms with van der Waals surface area (Å²) < 4.78 is 187. The maximum Gasteiger partial charge on any atom is 0.416 e. The molecule has 1 aliphatic rings. The lowest BCUT2D eigenvalue weighted by molar-refractivity contribution is -0.137. The molecule has 0 saturated heterocycles. The van der Waals surface area contributed by atoms with Gasteiger partial charge in [0.25, 0.3) is 5.56 Å². The number of benzene rings is 3. The molecule has 11 heteroatoms. The van der Waals surface area contributed by atoms with E-state index < -0.39 is 144 Å². The van der Waals surface area contributed by atoms with Gasteiger partial charge in [0.15, 0.2) is 5.16 Å². The molecule has 0 radical (unpaired) electrons. The van der Waals surface area contributed by atoms with Crippen molar-refractivity contribution in [3.05, 3.63) is 117 Å². The van der Waals surface area contributed by atoms with Crippen molar-refractivity contribution >= 4 is 17.7 Å². The van der Waals surface area contributed by atoms with Crippen molar-refractivity contribution in [2.24, 2.45) is 5.89 Å². The highest BCUT2D eigenvalue weighted by molar-refractivity contribution is 7.98. The standard InChI is InChI=1S/C37H40F4N4O2S/c1-4-43(5-2)18-19-44(22-26-6-10-28(11-7-26)29-12-14-30(15-13-29)37(39,40)41)34(46)23-45-33-21-25(3)20-32(33)35(47)42-36(45)48-24-27-8-16-31(38)17-9-27/h6-17,25H,4-5,18-24H2,1-3H3/i6D,7D,10D,11D,12D,13D,14D,15D,20D2,21D2,22D2,25D. The lowest BCUT2D eigenvalue weighted by Gasteiger charge is -2.28. The molecule has 48 heavy (non-hydrogen) atoms. The molecule has 254 valence electrons. The van der Waals surface area contributed by atoms with Crippen molar-refractivity contribution in [3.8, 4) is 11.1 Å². The third-order valence-corrected chi connectivity index (χ3v) is 8.25. The molecule has 0 fully saturated rings. The molecule has 4 aromatic rings. The van der Waals surface area contributed by atoms with E-state index in [0.29, 0.717) is 23.6 Å². The summed E-state index contributed by atoms with van der Waals surface area (Å²) in [7, 11) is 0. The molecule has 1 unspecified atom stereocenters. The lowest BCUT2D eigenvalue weighted by Crippen LogP contribution is -2.40. The fourth-order valence-electron chi connectivity index (χ4n) is 4.61. The van der Waals surface area contributed by atoms with Crippen LogP contribution in [-0.4, -0.2) is 51.4 Å². The van der Waals surface area contributed by atoms with Gasteiger partial charge in [-0.15, -0.1) is 0 Å². The molecular weight excluding hydrogens is 640 g/mol. The molecule has 1 amide bonds. The molecule has 1 aromatic heterocycles. The zero-order valence-electron chi connectivity index (χ0n) is 41.1. The SMILES string of the molecule is [2H]c1c([2H])c(C(F)(F)F)c([2H])c([2H])c1-c1c([2H])c([2H])c(C([2H])([2H])N(CCN(CC)CC)C(=O)Cn2c(SCc3ccc(F)cc3)nc(=O)c3c2C([2H])([2H])C([2H])(C)C3([2H])[2H])c([2H])c1[2H]. The van der Waals surface area contributed by atoms with Gasteiger partial charge in [0.2, 0.25) is 5.91 Å². The Kier molecular flexibility index (Phi) is 6.63. The van der Waals surface area contributed by atoms with Gasteiger partial charge in [-0.05, 0) is 78.2 Å². The minimum atomic E-state index is -5.35. The molecule has 6 nitrogen and oxygen atoms in total. The Morgan fingerprint density at radius 3 is 2.25 bits per heavy atom. The van der Waals surface area contributed by atoms with E-state index >= 15 is 0 Å². The number of hydrogen-bond donors (Lipinski definition) is 0. The third-order valence-electron chi connectivity index (χ3n) is 7.21. The average molecular weight is 696 g/mol. The zero-order valence-corrected chi connectivity index (χ0v) is 26.9. The van der Waals surface area contributed by atoms with Crippen LogP contribution in [0.3, 0.4) is 0 Å². The summed E-state index contributed by atoms with van der Waals surface area (Å²) in [6.45, 7) is 0.120. The van der Waals surface area contributed by atoms with Gasteiger partial charge in [-0.3, -0.25) is 9.59 Å². The second-order valence-electron chi connectivity index (χ2n) is 10.5. The number of alkyl halides is 3. The molecule has 0 bridgehead atoms. The maximum absolute atomic E-state index is 14.8. The highest BCUT2D eigenvalue weighted by Crippen LogP contribution is 2.32. The van der Waals surface area contributed by atoms with E-state index in [1.165, 1.54) is 12.1 Å². The lowest BCUT2D eigenvalue weighted by atomic mass is 10.0. The number of likely N-dealkylation sites (N-methyl/N-ethyl adjacent to an activating group) is 1. The Morgan fingerprint density at radius 2 is 1.65 bits per heavy atom. The van der Waals surface area contributed by atoms with Gasteiger partial charge in [-0.25, -0.2) is 4.39 Å². The summed E-state index contributed by atoms with van der Waals surface area (Å²) in [5, 5.41) is -0.372. The van der Waals surface area contributed by atoms with Crippen LogP contribution in [0.1, 0.15) is 69.3 Å². The van der Waals surface area contributed by atoms with Crippen molar-refractivity contribution < 1.29 is 42.9 Å². The second kappa shape index (κ2) is 15.5. The predicted octanol–water partition coefficient (Wildman–Crippen LogP) is 7.47. The first-order valence-corrected chi connectivity index (χ1v) is 15.8. The van der Waals surface area contributed by atoms with Crippen LogP contribution in [0.25, 0.3) is 11.1 Å². The number of hydrogen-bond acceptors (Lipinski definition) is 5. The summed E-state index contributed by atoms with van der Waals surface area (Å²) in [5.74, 6) is -4.55. The van der Waals surface area contributed by atoms with Crippen LogP contribution in [0.2, 0.25) is 0 Å². The first-order valence-electron chi connectivity index (χ1n) is 22.3. The Morgan fingerprint density at radius 1 is 1.02 bits per heavy atom. The number of aromatic nitrogens is 2. The Labute approximate surface area is 303 Å². The van der Waals surface area contributed by atoms with Gasteiger partial charge in [0.1, 0.15) is 12.4 Å². The van der Waals surface area contributed by atoms with Crippen LogP contribution < -0.4 is 5.56 Å². The molecule has 1 atom stereocenters. The number of halogens is 4. The van der Waals surface area contributed by atoms with Gasteiger partial charge < -0.3 is 14.4 Å². The Balaban J connectivity index is 1.73. The van der Waals surface area contributed by atoms with E-state index in [9.17, 15) is 29.9 Å². The van der Waals surface area contributed by atoms with Gasteiger partial charge in [-0.2, -0.15) is 18.2 Å². The first kappa shape index (κ1) is 20.5. The second-order valence-corrected chi connectivity index (χ2v) is 11.4. The average Bonchev–Trinajstić information content (AvgIpc) is 3.29. The predicted molar refractivity (Wildman–Crippen MR) is 181 cm³/mol. The minimum absolute atomic E-state index is 0.0576. The summed E-state index contributed by atoms with van der Waals surface area (Å²) in [6.07, 6.45) is -11.3. The van der Waals surface area contributed by atoms with E-state index in [0.717, 1.165) is 35.4 Å². The van der Waals surface area contributed by atoms with E-state index in [4.69, 9.17) is 17.8 Å². The van der Waals surface area contributed by atoms with Crippen LogP contribution in [0, 0.1) is 11.7 Å².